The number of Topliss-reactive ketones (excluding diaryl/α,β-unsaturated/α-hetero) is 1. The summed E-state index contributed by atoms with van der Waals surface area (Å²) in [6.45, 7) is 0.653. The van der Waals surface area contributed by atoms with E-state index in [0.717, 1.165) is 6.07 Å². The van der Waals surface area contributed by atoms with Crippen LogP contribution in [0.3, 0.4) is 0 Å². The molecule has 2 aromatic carbocycles. The van der Waals surface area contributed by atoms with Crippen LogP contribution >= 0.6 is 0 Å². The topological polar surface area (TPSA) is 255 Å². The Bertz CT molecular complexity index is 1350. The van der Waals surface area contributed by atoms with Crippen LogP contribution in [-0.4, -0.2) is 133 Å². The molecule has 3 aliphatic heterocycles. The van der Waals surface area contributed by atoms with E-state index in [4.69, 9.17) is 28.4 Å². The van der Waals surface area contributed by atoms with Crippen LogP contribution in [-0.2, 0) is 14.2 Å². The molecule has 0 bridgehead atoms. The highest BCUT2D eigenvalue weighted by Crippen LogP contribution is 2.44. The predicted molar refractivity (Wildman–Crippen MR) is 142 cm³/mol. The zero-order chi connectivity index (χ0) is 32.0. The second-order valence-electron chi connectivity index (χ2n) is 10.7. The van der Waals surface area contributed by atoms with Gasteiger partial charge in [-0.1, -0.05) is 6.07 Å². The minimum Gasteiger partial charge on any atom is -0.507 e. The number of phenols is 2. The Kier molecular flexibility index (Phi) is 9.20. The van der Waals surface area contributed by atoms with Crippen LogP contribution in [0.1, 0.15) is 28.9 Å². The summed E-state index contributed by atoms with van der Waals surface area (Å²) in [4.78, 5) is 13.0. The van der Waals surface area contributed by atoms with Gasteiger partial charge >= 0.3 is 0 Å². The molecule has 242 valence electrons. The van der Waals surface area contributed by atoms with Crippen LogP contribution in [0.5, 0.6) is 28.7 Å². The first-order valence-corrected chi connectivity index (χ1v) is 13.6. The third-order valence-corrected chi connectivity index (χ3v) is 7.82. The van der Waals surface area contributed by atoms with Crippen molar-refractivity contribution in [2.75, 3.05) is 13.7 Å². The van der Waals surface area contributed by atoms with Gasteiger partial charge in [0, 0.05) is 12.1 Å². The van der Waals surface area contributed by atoms with Gasteiger partial charge in [-0.05, 0) is 24.6 Å². The highest BCUT2D eigenvalue weighted by Gasteiger charge is 2.51. The van der Waals surface area contributed by atoms with Crippen LogP contribution in [0.2, 0.25) is 0 Å². The van der Waals surface area contributed by atoms with Crippen molar-refractivity contribution < 1.29 is 79.2 Å². The maximum Gasteiger partial charge on any atom is 0.229 e. The largest absolute Gasteiger partial charge is 0.507 e. The molecule has 0 amide bonds. The molecular formula is C28H34O16. The summed E-state index contributed by atoms with van der Waals surface area (Å²) in [6, 6.07) is 6.27. The minimum atomic E-state index is -1.80. The SMILES string of the molecule is COc1ccc(C2Oc3cc(OC4OC(CO)C(O)C(O)C4OC4OC(C)C(O)C(O)C4O)cc(O)c3C(=O)C2O)cc1O. The van der Waals surface area contributed by atoms with E-state index in [0.29, 0.717) is 0 Å². The van der Waals surface area contributed by atoms with E-state index in [1.165, 1.54) is 38.3 Å². The number of methoxy groups -OCH3 is 1. The predicted octanol–water partition coefficient (Wildman–Crippen LogP) is -2.19. The second-order valence-corrected chi connectivity index (χ2v) is 10.7. The van der Waals surface area contributed by atoms with Crippen molar-refractivity contribution in [2.45, 2.75) is 80.5 Å². The van der Waals surface area contributed by atoms with Gasteiger partial charge in [-0.2, -0.15) is 0 Å². The molecule has 16 nitrogen and oxygen atoms in total. The van der Waals surface area contributed by atoms with E-state index in [9.17, 15) is 50.8 Å². The van der Waals surface area contributed by atoms with Crippen molar-refractivity contribution in [1.82, 2.24) is 0 Å². The molecule has 3 heterocycles. The van der Waals surface area contributed by atoms with Crippen molar-refractivity contribution in [3.63, 3.8) is 0 Å². The molecule has 2 fully saturated rings. The Morgan fingerprint density at radius 2 is 1.57 bits per heavy atom. The third-order valence-electron chi connectivity index (χ3n) is 7.82. The molecule has 9 N–H and O–H groups in total. The van der Waals surface area contributed by atoms with Crippen molar-refractivity contribution in [2.24, 2.45) is 0 Å². The number of carbonyl (C=O) groups excluding carboxylic acids is 1. The van der Waals surface area contributed by atoms with Crippen molar-refractivity contribution in [1.29, 1.82) is 0 Å². The normalized spacial score (nSPS) is 37.2. The van der Waals surface area contributed by atoms with Crippen molar-refractivity contribution >= 4 is 5.78 Å². The molecule has 12 atom stereocenters. The number of fused-ring (bicyclic) bond motifs is 1. The first-order valence-electron chi connectivity index (χ1n) is 13.6. The molecule has 12 unspecified atom stereocenters. The minimum absolute atomic E-state index is 0.142. The third kappa shape index (κ3) is 5.77. The zero-order valence-corrected chi connectivity index (χ0v) is 23.4. The Hall–Kier alpha value is -3.29. The molecule has 0 spiro atoms. The highest BCUT2D eigenvalue weighted by molar-refractivity contribution is 6.05. The fraction of sp³-hybridized carbons (Fsp3) is 0.536. The Balaban J connectivity index is 1.43. The maximum atomic E-state index is 13.0. The van der Waals surface area contributed by atoms with Crippen LogP contribution in [0.4, 0.5) is 0 Å². The molecule has 5 rings (SSSR count). The number of benzene rings is 2. The number of carbonyl (C=O) groups is 1. The van der Waals surface area contributed by atoms with Gasteiger partial charge in [0.2, 0.25) is 12.1 Å². The fourth-order valence-corrected chi connectivity index (χ4v) is 5.32. The number of ether oxygens (including phenoxy) is 6. The quantitative estimate of drug-likeness (QED) is 0.158. The van der Waals surface area contributed by atoms with Gasteiger partial charge in [-0.15, -0.1) is 0 Å². The summed E-state index contributed by atoms with van der Waals surface area (Å²) in [7, 11) is 1.34. The van der Waals surface area contributed by atoms with E-state index >= 15 is 0 Å². The van der Waals surface area contributed by atoms with Crippen LogP contribution in [0.15, 0.2) is 30.3 Å². The number of aliphatic hydroxyl groups is 7. The molecule has 0 aromatic heterocycles. The lowest BCUT2D eigenvalue weighted by Gasteiger charge is -2.45. The van der Waals surface area contributed by atoms with Crippen LogP contribution < -0.4 is 14.2 Å². The van der Waals surface area contributed by atoms with Gasteiger partial charge < -0.3 is 74.4 Å². The lowest BCUT2D eigenvalue weighted by Crippen LogP contribution is -2.64. The summed E-state index contributed by atoms with van der Waals surface area (Å²) in [5.41, 5.74) is -0.152. The average Bonchev–Trinajstić information content (AvgIpc) is 2.99. The lowest BCUT2D eigenvalue weighted by atomic mass is 9.92. The van der Waals surface area contributed by atoms with E-state index < -0.39 is 91.8 Å². The molecule has 44 heavy (non-hydrogen) atoms. The first-order chi connectivity index (χ1) is 20.9. The van der Waals surface area contributed by atoms with Gasteiger partial charge in [0.15, 0.2) is 36.1 Å². The molecular weight excluding hydrogens is 592 g/mol. The van der Waals surface area contributed by atoms with Gasteiger partial charge in [0.1, 0.15) is 59.4 Å². The Morgan fingerprint density at radius 3 is 2.23 bits per heavy atom. The molecule has 16 heteroatoms. The number of hydrogen-bond acceptors (Lipinski definition) is 16. The monoisotopic (exact) mass is 626 g/mol. The summed E-state index contributed by atoms with van der Waals surface area (Å²) in [6.07, 6.45) is -18.8. The van der Waals surface area contributed by atoms with E-state index in [1.807, 2.05) is 0 Å². The smallest absolute Gasteiger partial charge is 0.229 e. The summed E-state index contributed by atoms with van der Waals surface area (Å²) >= 11 is 0. The summed E-state index contributed by atoms with van der Waals surface area (Å²) in [5, 5.41) is 93.1. The van der Waals surface area contributed by atoms with Crippen LogP contribution in [0.25, 0.3) is 0 Å². The fourth-order valence-electron chi connectivity index (χ4n) is 5.32. The number of hydrogen-bond donors (Lipinski definition) is 9. The Morgan fingerprint density at radius 1 is 0.841 bits per heavy atom. The number of phenolic OH excluding ortho intramolecular Hbond substituents is 2. The molecule has 0 radical (unpaired) electrons. The summed E-state index contributed by atoms with van der Waals surface area (Å²) in [5.74, 6) is -2.11. The van der Waals surface area contributed by atoms with Crippen molar-refractivity contribution in [3.8, 4) is 28.7 Å². The summed E-state index contributed by atoms with van der Waals surface area (Å²) < 4.78 is 33.4. The number of aliphatic hydroxyl groups excluding tert-OH is 7. The standard InChI is InChI=1S/C28H34O16/c1-9-18(32)21(35)24(38)27(40-9)44-26-22(36)19(33)16(8-29)43-28(26)41-11-6-13(31)17-15(7-11)42-25(23(37)20(17)34)10-3-4-14(39-2)12(30)5-10/h3-7,9,16,18-19,21-33,35-38H,8H2,1-2H3. The van der Waals surface area contributed by atoms with Gasteiger partial charge in [-0.25, -0.2) is 0 Å². The second kappa shape index (κ2) is 12.6. The zero-order valence-electron chi connectivity index (χ0n) is 23.4. The van der Waals surface area contributed by atoms with Crippen molar-refractivity contribution in [3.05, 3.63) is 41.5 Å². The molecule has 2 aromatic rings. The van der Waals surface area contributed by atoms with Crippen LogP contribution in [0, 0.1) is 0 Å². The van der Waals surface area contributed by atoms with E-state index in [-0.39, 0.29) is 34.1 Å². The average molecular weight is 627 g/mol. The maximum absolute atomic E-state index is 13.0. The number of aromatic hydroxyl groups is 2. The molecule has 0 aliphatic carbocycles. The number of rotatable bonds is 7. The number of ketones is 1. The lowest BCUT2D eigenvalue weighted by molar-refractivity contribution is -0.354. The van der Waals surface area contributed by atoms with E-state index in [2.05, 4.69) is 0 Å². The van der Waals surface area contributed by atoms with E-state index in [1.54, 1.807) is 0 Å². The molecule has 0 saturated carbocycles. The van der Waals surface area contributed by atoms with Gasteiger partial charge in [0.25, 0.3) is 0 Å². The molecule has 2 saturated heterocycles. The van der Waals surface area contributed by atoms with Gasteiger partial charge in [-0.3, -0.25) is 4.79 Å². The van der Waals surface area contributed by atoms with Gasteiger partial charge in [0.05, 0.1) is 19.8 Å². The first kappa shape index (κ1) is 32.1. The highest BCUT2D eigenvalue weighted by atomic mass is 16.8. The molecule has 3 aliphatic rings. The Labute approximate surface area is 249 Å².